The van der Waals surface area contributed by atoms with Gasteiger partial charge in [-0.2, -0.15) is 0 Å². The molecule has 0 aliphatic carbocycles. The Morgan fingerprint density at radius 1 is 1.00 bits per heavy atom. The number of methoxy groups -OCH3 is 2. The Kier molecular flexibility index (Phi) is 4.22. The lowest BCUT2D eigenvalue weighted by atomic mass is 9.79. The molecule has 0 aromatic heterocycles. The van der Waals surface area contributed by atoms with Gasteiger partial charge in [0.05, 0.1) is 14.2 Å². The summed E-state index contributed by atoms with van der Waals surface area (Å²) in [4.78, 5) is 35.1. The van der Waals surface area contributed by atoms with Gasteiger partial charge in [-0.15, -0.1) is 0 Å². The van der Waals surface area contributed by atoms with E-state index < -0.39 is 29.6 Å². The number of ketones is 1. The first-order valence-electron chi connectivity index (χ1n) is 5.39. The first-order chi connectivity index (χ1) is 7.93. The van der Waals surface area contributed by atoms with Crippen molar-refractivity contribution >= 4 is 17.7 Å². The van der Waals surface area contributed by atoms with Crippen LogP contribution >= 0.6 is 0 Å². The Hall–Kier alpha value is -1.43. The van der Waals surface area contributed by atoms with E-state index in [1.807, 2.05) is 0 Å². The number of hydrogen-bond acceptors (Lipinski definition) is 6. The number of nitrogens with one attached hydrogen (secondary N) is 1. The van der Waals surface area contributed by atoms with Crippen LogP contribution in [0.2, 0.25) is 0 Å². The van der Waals surface area contributed by atoms with E-state index in [9.17, 15) is 14.4 Å². The van der Waals surface area contributed by atoms with Gasteiger partial charge in [-0.3, -0.25) is 14.4 Å². The van der Waals surface area contributed by atoms with Crippen molar-refractivity contribution in [2.24, 2.45) is 11.8 Å². The molecule has 0 radical (unpaired) electrons. The third-order valence-corrected chi connectivity index (χ3v) is 3.05. The van der Waals surface area contributed by atoms with Gasteiger partial charge in [-0.25, -0.2) is 0 Å². The van der Waals surface area contributed by atoms with E-state index in [0.717, 1.165) is 0 Å². The molecule has 96 valence electrons. The molecular weight excluding hydrogens is 226 g/mol. The third kappa shape index (κ3) is 2.46. The molecule has 0 saturated carbocycles. The predicted molar refractivity (Wildman–Crippen MR) is 58.1 cm³/mol. The molecule has 4 unspecified atom stereocenters. The van der Waals surface area contributed by atoms with Crippen molar-refractivity contribution in [3.8, 4) is 0 Å². The smallest absolute Gasteiger partial charge is 0.317 e. The maximum atomic E-state index is 12.1. The zero-order chi connectivity index (χ0) is 13.2. The lowest BCUT2D eigenvalue weighted by molar-refractivity contribution is -0.159. The van der Waals surface area contributed by atoms with Crippen LogP contribution in [-0.2, 0) is 23.9 Å². The summed E-state index contributed by atoms with van der Waals surface area (Å²) in [5, 5.41) is 3.02. The molecule has 0 spiro atoms. The summed E-state index contributed by atoms with van der Waals surface area (Å²) >= 11 is 0. The molecule has 6 heteroatoms. The van der Waals surface area contributed by atoms with E-state index in [-0.39, 0.29) is 12.1 Å². The first-order valence-corrected chi connectivity index (χ1v) is 5.39. The topological polar surface area (TPSA) is 81.7 Å². The second-order valence-electron chi connectivity index (χ2n) is 4.15. The van der Waals surface area contributed by atoms with Crippen LogP contribution in [0, 0.1) is 11.8 Å². The summed E-state index contributed by atoms with van der Waals surface area (Å²) in [6, 6.07) is -0.711. The highest BCUT2D eigenvalue weighted by molar-refractivity contribution is 6.10. The maximum Gasteiger partial charge on any atom is 0.317 e. The quantitative estimate of drug-likeness (QED) is 0.521. The molecule has 0 aromatic carbocycles. The zero-order valence-electron chi connectivity index (χ0n) is 10.4. The van der Waals surface area contributed by atoms with E-state index >= 15 is 0 Å². The molecule has 0 amide bonds. The van der Waals surface area contributed by atoms with E-state index in [1.165, 1.54) is 14.2 Å². The van der Waals surface area contributed by atoms with Gasteiger partial charge in [0.1, 0.15) is 11.8 Å². The first kappa shape index (κ1) is 13.6. The van der Waals surface area contributed by atoms with Crippen LogP contribution in [-0.4, -0.2) is 44.0 Å². The third-order valence-electron chi connectivity index (χ3n) is 3.05. The van der Waals surface area contributed by atoms with Crippen molar-refractivity contribution in [2.75, 3.05) is 14.2 Å². The van der Waals surface area contributed by atoms with Crippen molar-refractivity contribution in [3.05, 3.63) is 0 Å². The van der Waals surface area contributed by atoms with Crippen LogP contribution in [0.5, 0.6) is 0 Å². The lowest BCUT2D eigenvalue weighted by Gasteiger charge is -2.35. The van der Waals surface area contributed by atoms with Gasteiger partial charge in [-0.05, 0) is 13.8 Å². The number of rotatable bonds is 2. The number of piperidine rings is 1. The van der Waals surface area contributed by atoms with Crippen molar-refractivity contribution < 1.29 is 23.9 Å². The highest BCUT2D eigenvalue weighted by Gasteiger charge is 2.48. The molecule has 4 atom stereocenters. The van der Waals surface area contributed by atoms with Gasteiger partial charge in [0.15, 0.2) is 5.78 Å². The summed E-state index contributed by atoms with van der Waals surface area (Å²) in [5.74, 6) is -3.62. The minimum atomic E-state index is -0.958. The number of carbonyl (C=O) groups excluding carboxylic acids is 3. The van der Waals surface area contributed by atoms with Crippen LogP contribution in [0.3, 0.4) is 0 Å². The van der Waals surface area contributed by atoms with Crippen LogP contribution in [0.4, 0.5) is 0 Å². The maximum absolute atomic E-state index is 12.1. The SMILES string of the molecule is COC(=O)C1C(=O)C(C(=O)OC)C(C)NC1C. The second-order valence-corrected chi connectivity index (χ2v) is 4.15. The largest absolute Gasteiger partial charge is 0.468 e. The fourth-order valence-corrected chi connectivity index (χ4v) is 2.19. The molecule has 1 heterocycles. The number of hydrogen-bond donors (Lipinski definition) is 1. The van der Waals surface area contributed by atoms with Gasteiger partial charge >= 0.3 is 11.9 Å². The number of carbonyl (C=O) groups is 3. The standard InChI is InChI=1S/C11H17NO5/c1-5-7(10(14)16-3)9(13)8(6(2)12-5)11(15)17-4/h5-8,12H,1-4H3. The minimum Gasteiger partial charge on any atom is -0.468 e. The van der Waals surface area contributed by atoms with Crippen molar-refractivity contribution in [2.45, 2.75) is 25.9 Å². The Bertz CT molecular complexity index is 311. The molecule has 1 aliphatic heterocycles. The molecule has 0 bridgehead atoms. The Labute approximate surface area is 99.6 Å². The Morgan fingerprint density at radius 2 is 1.35 bits per heavy atom. The van der Waals surface area contributed by atoms with E-state index in [0.29, 0.717) is 0 Å². The van der Waals surface area contributed by atoms with Gasteiger partial charge in [-0.1, -0.05) is 0 Å². The summed E-state index contributed by atoms with van der Waals surface area (Å²) in [6.45, 7) is 3.42. The zero-order valence-corrected chi connectivity index (χ0v) is 10.4. The average Bonchev–Trinajstić information content (AvgIpc) is 2.27. The fraction of sp³-hybridized carbons (Fsp3) is 0.727. The number of ether oxygens (including phenoxy) is 2. The molecule has 1 rings (SSSR count). The molecule has 1 fully saturated rings. The lowest BCUT2D eigenvalue weighted by Crippen LogP contribution is -2.59. The number of Topliss-reactive ketones (excluding diaryl/α,β-unsaturated/α-hetero) is 1. The van der Waals surface area contributed by atoms with E-state index in [2.05, 4.69) is 14.8 Å². The van der Waals surface area contributed by atoms with Crippen LogP contribution in [0.25, 0.3) is 0 Å². The van der Waals surface area contributed by atoms with E-state index in [1.54, 1.807) is 13.8 Å². The normalized spacial score (nSPS) is 33.1. The predicted octanol–water partition coefficient (Wildman–Crippen LogP) is -0.486. The molecular formula is C11H17NO5. The summed E-state index contributed by atoms with van der Waals surface area (Å²) < 4.78 is 9.15. The molecule has 17 heavy (non-hydrogen) atoms. The average molecular weight is 243 g/mol. The monoisotopic (exact) mass is 243 g/mol. The van der Waals surface area contributed by atoms with Crippen LogP contribution < -0.4 is 5.32 Å². The highest BCUT2D eigenvalue weighted by atomic mass is 16.5. The fourth-order valence-electron chi connectivity index (χ4n) is 2.19. The minimum absolute atomic E-state index is 0.356. The summed E-state index contributed by atoms with van der Waals surface area (Å²) in [7, 11) is 2.43. The van der Waals surface area contributed by atoms with Crippen LogP contribution in [0.1, 0.15) is 13.8 Å². The van der Waals surface area contributed by atoms with Crippen molar-refractivity contribution in [1.29, 1.82) is 0 Å². The van der Waals surface area contributed by atoms with E-state index in [4.69, 9.17) is 0 Å². The highest BCUT2D eigenvalue weighted by Crippen LogP contribution is 2.24. The van der Waals surface area contributed by atoms with Gasteiger partial charge in [0, 0.05) is 12.1 Å². The van der Waals surface area contributed by atoms with Crippen molar-refractivity contribution in [3.63, 3.8) is 0 Å². The summed E-state index contributed by atoms with van der Waals surface area (Å²) in [5.41, 5.74) is 0. The number of esters is 2. The molecule has 1 N–H and O–H groups in total. The second kappa shape index (κ2) is 5.27. The van der Waals surface area contributed by atoms with Gasteiger partial charge in [0.2, 0.25) is 0 Å². The van der Waals surface area contributed by atoms with Gasteiger partial charge < -0.3 is 14.8 Å². The molecule has 6 nitrogen and oxygen atoms in total. The molecule has 1 saturated heterocycles. The van der Waals surface area contributed by atoms with Gasteiger partial charge in [0.25, 0.3) is 0 Å². The summed E-state index contributed by atoms with van der Waals surface area (Å²) in [6.07, 6.45) is 0. The van der Waals surface area contributed by atoms with Crippen molar-refractivity contribution in [1.82, 2.24) is 5.32 Å². The molecule has 1 aliphatic rings. The van der Waals surface area contributed by atoms with Crippen LogP contribution in [0.15, 0.2) is 0 Å². The Morgan fingerprint density at radius 3 is 1.65 bits per heavy atom. The molecule has 0 aromatic rings. The Balaban J connectivity index is 2.99.